The molecule has 15 heavy (non-hydrogen) atoms. The van der Waals surface area contributed by atoms with E-state index < -0.39 is 0 Å². The fourth-order valence-corrected chi connectivity index (χ4v) is 2.49. The summed E-state index contributed by atoms with van der Waals surface area (Å²) >= 11 is 3.52. The van der Waals surface area contributed by atoms with Gasteiger partial charge in [-0.25, -0.2) is 0 Å². The molecule has 0 unspecified atom stereocenters. The summed E-state index contributed by atoms with van der Waals surface area (Å²) in [6.07, 6.45) is 0.498. The first-order valence-electron chi connectivity index (χ1n) is 4.82. The van der Waals surface area contributed by atoms with E-state index >= 15 is 0 Å². The Balaban J connectivity index is 2.64. The van der Waals surface area contributed by atoms with Gasteiger partial charge in [-0.15, -0.1) is 0 Å². The average Bonchev–Trinajstić information content (AvgIpc) is 2.44. The van der Waals surface area contributed by atoms with Gasteiger partial charge in [0.2, 0.25) is 0 Å². The Morgan fingerprint density at radius 2 is 2.20 bits per heavy atom. The van der Waals surface area contributed by atoms with Crippen LogP contribution in [0.5, 0.6) is 0 Å². The van der Waals surface area contributed by atoms with Crippen molar-refractivity contribution in [2.24, 2.45) is 7.05 Å². The molecule has 0 N–H and O–H groups in total. The summed E-state index contributed by atoms with van der Waals surface area (Å²) in [4.78, 5) is 11.1. The highest BCUT2D eigenvalue weighted by Gasteiger charge is 2.09. The number of carbonyl (C=O) groups excluding carboxylic acids is 1. The lowest BCUT2D eigenvalue weighted by Crippen LogP contribution is -2.02. The molecule has 0 spiro atoms. The van der Waals surface area contributed by atoms with Gasteiger partial charge in [0.25, 0.3) is 0 Å². The second-order valence-electron chi connectivity index (χ2n) is 3.75. The maximum absolute atomic E-state index is 11.1. The molecule has 1 aromatic heterocycles. The van der Waals surface area contributed by atoms with Gasteiger partial charge in [0.1, 0.15) is 5.78 Å². The average molecular weight is 266 g/mol. The molecule has 0 bridgehead atoms. The van der Waals surface area contributed by atoms with E-state index in [9.17, 15) is 4.79 Å². The molecule has 2 aromatic rings. The van der Waals surface area contributed by atoms with Crippen LogP contribution in [0.2, 0.25) is 0 Å². The van der Waals surface area contributed by atoms with Crippen LogP contribution in [0.4, 0.5) is 0 Å². The third kappa shape index (κ3) is 1.84. The van der Waals surface area contributed by atoms with Gasteiger partial charge < -0.3 is 4.57 Å². The monoisotopic (exact) mass is 265 g/mol. The Morgan fingerprint density at radius 3 is 2.80 bits per heavy atom. The molecule has 0 atom stereocenters. The lowest BCUT2D eigenvalue weighted by Gasteiger charge is -2.03. The molecule has 0 aliphatic heterocycles. The summed E-state index contributed by atoms with van der Waals surface area (Å²) in [6, 6.07) is 8.15. The number of hydrogen-bond acceptors (Lipinski definition) is 1. The van der Waals surface area contributed by atoms with Crippen molar-refractivity contribution in [2.75, 3.05) is 0 Å². The third-order valence-electron chi connectivity index (χ3n) is 2.54. The number of Topliss-reactive ketones (excluding diaryl/α,β-unsaturated/α-hetero) is 1. The van der Waals surface area contributed by atoms with Gasteiger partial charge in [0, 0.05) is 29.0 Å². The highest BCUT2D eigenvalue weighted by molar-refractivity contribution is 9.10. The molecule has 1 aromatic carbocycles. The van der Waals surface area contributed by atoms with Crippen LogP contribution in [0.15, 0.2) is 28.7 Å². The number of aryl methyl sites for hydroxylation is 1. The first-order valence-corrected chi connectivity index (χ1v) is 5.61. The molecule has 1 heterocycles. The number of fused-ring (bicyclic) bond motifs is 1. The van der Waals surface area contributed by atoms with Crippen molar-refractivity contribution in [1.29, 1.82) is 0 Å². The summed E-state index contributed by atoms with van der Waals surface area (Å²) in [5, 5.41) is 1.17. The zero-order valence-electron chi connectivity index (χ0n) is 8.75. The fourth-order valence-electron chi connectivity index (χ4n) is 1.85. The smallest absolute Gasteiger partial charge is 0.135 e. The van der Waals surface area contributed by atoms with Crippen molar-refractivity contribution in [2.45, 2.75) is 13.3 Å². The van der Waals surface area contributed by atoms with Crippen molar-refractivity contribution in [3.8, 4) is 0 Å². The van der Waals surface area contributed by atoms with Crippen LogP contribution in [-0.2, 0) is 18.3 Å². The highest BCUT2D eigenvalue weighted by Crippen LogP contribution is 2.26. The zero-order valence-corrected chi connectivity index (χ0v) is 10.3. The molecule has 0 saturated carbocycles. The first-order chi connectivity index (χ1) is 7.09. The van der Waals surface area contributed by atoms with Gasteiger partial charge >= 0.3 is 0 Å². The van der Waals surface area contributed by atoms with E-state index in [2.05, 4.69) is 32.6 Å². The Kier molecular flexibility index (Phi) is 2.65. The Hall–Kier alpha value is -1.09. The molecule has 0 radical (unpaired) electrons. The van der Waals surface area contributed by atoms with Crippen molar-refractivity contribution in [3.05, 3.63) is 34.4 Å². The van der Waals surface area contributed by atoms with E-state index in [1.807, 2.05) is 19.2 Å². The molecule has 0 fully saturated rings. The largest absolute Gasteiger partial charge is 0.346 e. The van der Waals surface area contributed by atoms with Crippen LogP contribution < -0.4 is 0 Å². The van der Waals surface area contributed by atoms with Gasteiger partial charge in [-0.3, -0.25) is 4.79 Å². The molecule has 0 aliphatic rings. The maximum Gasteiger partial charge on any atom is 0.135 e. The Bertz CT molecular complexity index is 528. The predicted molar refractivity (Wildman–Crippen MR) is 65.0 cm³/mol. The van der Waals surface area contributed by atoms with Crippen molar-refractivity contribution in [1.82, 2.24) is 4.57 Å². The molecular weight excluding hydrogens is 254 g/mol. The van der Waals surface area contributed by atoms with Crippen molar-refractivity contribution < 1.29 is 4.79 Å². The topological polar surface area (TPSA) is 22.0 Å². The van der Waals surface area contributed by atoms with E-state index in [1.165, 1.54) is 5.39 Å². The number of ketones is 1. The molecule has 0 saturated heterocycles. The zero-order chi connectivity index (χ0) is 11.0. The molecular formula is C12H12BrNO. The minimum Gasteiger partial charge on any atom is -0.346 e. The number of aromatic nitrogens is 1. The van der Waals surface area contributed by atoms with E-state index in [-0.39, 0.29) is 5.78 Å². The van der Waals surface area contributed by atoms with E-state index in [0.717, 1.165) is 15.7 Å². The second kappa shape index (κ2) is 3.81. The Labute approximate surface area is 97.0 Å². The minimum absolute atomic E-state index is 0.192. The van der Waals surface area contributed by atoms with Crippen LogP contribution in [0.25, 0.3) is 10.9 Å². The molecule has 2 nitrogen and oxygen atoms in total. The third-order valence-corrected chi connectivity index (χ3v) is 3.18. The van der Waals surface area contributed by atoms with E-state index in [1.54, 1.807) is 6.92 Å². The van der Waals surface area contributed by atoms with Gasteiger partial charge in [-0.05, 0) is 35.0 Å². The first kappa shape index (κ1) is 10.4. The van der Waals surface area contributed by atoms with Crippen molar-refractivity contribution >= 4 is 32.6 Å². The van der Waals surface area contributed by atoms with E-state index in [0.29, 0.717) is 6.42 Å². The standard InChI is InChI=1S/C12H12BrNO/c1-8(15)6-10-7-9-4-3-5-11(13)12(9)14(10)2/h3-5,7H,6H2,1-2H3. The number of hydrogen-bond donors (Lipinski definition) is 0. The number of carbonyl (C=O) groups is 1. The van der Waals surface area contributed by atoms with Crippen LogP contribution in [0.1, 0.15) is 12.6 Å². The lowest BCUT2D eigenvalue weighted by atomic mass is 10.2. The lowest BCUT2D eigenvalue weighted by molar-refractivity contribution is -0.116. The maximum atomic E-state index is 11.1. The number of rotatable bonds is 2. The molecule has 0 aliphatic carbocycles. The summed E-state index contributed by atoms with van der Waals surface area (Å²) in [5.74, 6) is 0.192. The fraction of sp³-hybridized carbons (Fsp3) is 0.250. The summed E-state index contributed by atoms with van der Waals surface area (Å²) in [5.41, 5.74) is 2.21. The van der Waals surface area contributed by atoms with Gasteiger partial charge in [0.05, 0.1) is 5.52 Å². The molecule has 78 valence electrons. The van der Waals surface area contributed by atoms with Crippen LogP contribution in [0, 0.1) is 0 Å². The molecule has 2 rings (SSSR count). The number of halogens is 1. The molecule has 0 amide bonds. The SMILES string of the molecule is CC(=O)Cc1cc2cccc(Br)c2n1C. The normalized spacial score (nSPS) is 10.9. The van der Waals surface area contributed by atoms with Crippen LogP contribution in [0.3, 0.4) is 0 Å². The highest BCUT2D eigenvalue weighted by atomic mass is 79.9. The number of benzene rings is 1. The van der Waals surface area contributed by atoms with E-state index in [4.69, 9.17) is 0 Å². The molecule has 3 heteroatoms. The second-order valence-corrected chi connectivity index (χ2v) is 4.61. The van der Waals surface area contributed by atoms with Crippen LogP contribution >= 0.6 is 15.9 Å². The number of para-hydroxylation sites is 1. The quantitative estimate of drug-likeness (QED) is 0.818. The Morgan fingerprint density at radius 1 is 1.47 bits per heavy atom. The van der Waals surface area contributed by atoms with Gasteiger partial charge in [0.15, 0.2) is 0 Å². The summed E-state index contributed by atoms with van der Waals surface area (Å²) in [6.45, 7) is 1.62. The van der Waals surface area contributed by atoms with Gasteiger partial charge in [-0.2, -0.15) is 0 Å². The minimum atomic E-state index is 0.192. The summed E-state index contributed by atoms with van der Waals surface area (Å²) in [7, 11) is 1.99. The number of nitrogens with zero attached hydrogens (tertiary/aromatic N) is 1. The predicted octanol–water partition coefficient (Wildman–Crippen LogP) is 3.07. The van der Waals surface area contributed by atoms with Crippen molar-refractivity contribution in [3.63, 3.8) is 0 Å². The van der Waals surface area contributed by atoms with Gasteiger partial charge in [-0.1, -0.05) is 12.1 Å². The van der Waals surface area contributed by atoms with Crippen LogP contribution in [-0.4, -0.2) is 10.4 Å². The summed E-state index contributed by atoms with van der Waals surface area (Å²) < 4.78 is 3.14.